The molecule has 1 atom stereocenters. The van der Waals surface area contributed by atoms with Gasteiger partial charge in [-0.25, -0.2) is 4.39 Å². The third-order valence-electron chi connectivity index (χ3n) is 3.45. The second kappa shape index (κ2) is 7.16. The van der Waals surface area contributed by atoms with Crippen molar-refractivity contribution in [3.8, 4) is 6.07 Å². The minimum Gasteiger partial charge on any atom is -0.378 e. The van der Waals surface area contributed by atoms with Crippen LogP contribution in [0.5, 0.6) is 0 Å². The van der Waals surface area contributed by atoms with Crippen LogP contribution in [0.1, 0.15) is 18.1 Å². The molecule has 21 heavy (non-hydrogen) atoms. The van der Waals surface area contributed by atoms with Crippen LogP contribution >= 0.6 is 0 Å². The average Bonchev–Trinajstić information content (AvgIpc) is 2.50. The molecule has 1 fully saturated rings. The van der Waals surface area contributed by atoms with Crippen LogP contribution in [0.3, 0.4) is 0 Å². The fourth-order valence-corrected chi connectivity index (χ4v) is 2.32. The monoisotopic (exact) mass is 291 g/mol. The zero-order valence-corrected chi connectivity index (χ0v) is 11.9. The number of carbonyl (C=O) groups excluding carboxylic acids is 1. The average molecular weight is 291 g/mol. The van der Waals surface area contributed by atoms with Gasteiger partial charge in [-0.05, 0) is 19.1 Å². The number of likely N-dealkylation sites (N-methyl/N-ethyl adjacent to an activating group) is 1. The smallest absolute Gasteiger partial charge is 0.239 e. The lowest BCUT2D eigenvalue weighted by atomic mass is 10.1. The number of hydrogen-bond donors (Lipinski definition) is 1. The number of amides is 1. The Bertz CT molecular complexity index is 556. The summed E-state index contributed by atoms with van der Waals surface area (Å²) < 4.78 is 19.3. The van der Waals surface area contributed by atoms with Gasteiger partial charge in [-0.15, -0.1) is 0 Å². The third-order valence-corrected chi connectivity index (χ3v) is 3.45. The Hall–Kier alpha value is -1.97. The second-order valence-electron chi connectivity index (χ2n) is 4.87. The van der Waals surface area contributed by atoms with Gasteiger partial charge >= 0.3 is 0 Å². The van der Waals surface area contributed by atoms with Crippen molar-refractivity contribution in [2.45, 2.75) is 19.5 Å². The summed E-state index contributed by atoms with van der Waals surface area (Å²) in [5, 5.41) is 11.5. The van der Waals surface area contributed by atoms with Gasteiger partial charge in [-0.3, -0.25) is 9.69 Å². The first-order valence-corrected chi connectivity index (χ1v) is 6.93. The standard InChI is InChI=1S/C15H18FN3O2/c1-2-18-15(20)14-10-21-6-5-19(14)9-12-4-3-11(8-17)7-13(12)16/h3-4,7,14H,2,5-6,9-10H2,1H3,(H,18,20). The maximum absolute atomic E-state index is 14.0. The second-order valence-corrected chi connectivity index (χ2v) is 4.87. The quantitative estimate of drug-likeness (QED) is 0.900. The molecule has 1 aromatic rings. The normalized spacial score (nSPS) is 19.0. The molecule has 1 saturated heterocycles. The van der Waals surface area contributed by atoms with Crippen molar-refractivity contribution < 1.29 is 13.9 Å². The van der Waals surface area contributed by atoms with E-state index in [4.69, 9.17) is 10.00 Å². The number of halogens is 1. The molecule has 0 spiro atoms. The van der Waals surface area contributed by atoms with Crippen LogP contribution in [0.15, 0.2) is 18.2 Å². The molecular formula is C15H18FN3O2. The number of nitrogens with one attached hydrogen (secondary N) is 1. The maximum Gasteiger partial charge on any atom is 0.239 e. The molecule has 1 aromatic carbocycles. The fourth-order valence-electron chi connectivity index (χ4n) is 2.32. The zero-order chi connectivity index (χ0) is 15.2. The lowest BCUT2D eigenvalue weighted by Gasteiger charge is -2.34. The predicted molar refractivity (Wildman–Crippen MR) is 74.8 cm³/mol. The van der Waals surface area contributed by atoms with E-state index < -0.39 is 11.9 Å². The van der Waals surface area contributed by atoms with Crippen molar-refractivity contribution in [1.82, 2.24) is 10.2 Å². The van der Waals surface area contributed by atoms with Crippen LogP contribution in [0.2, 0.25) is 0 Å². The number of nitrogens with zero attached hydrogens (tertiary/aromatic N) is 2. The third kappa shape index (κ3) is 3.78. The number of morpholine rings is 1. The van der Waals surface area contributed by atoms with Crippen LogP contribution in [-0.2, 0) is 16.1 Å². The Morgan fingerprint density at radius 2 is 2.43 bits per heavy atom. The van der Waals surface area contributed by atoms with Crippen molar-refractivity contribution in [3.05, 3.63) is 35.1 Å². The SMILES string of the molecule is CCNC(=O)C1COCCN1Cc1ccc(C#N)cc1F. The van der Waals surface area contributed by atoms with Gasteiger partial charge in [0, 0.05) is 25.2 Å². The Morgan fingerprint density at radius 1 is 1.62 bits per heavy atom. The lowest BCUT2D eigenvalue weighted by molar-refractivity contribution is -0.132. The van der Waals surface area contributed by atoms with E-state index in [1.165, 1.54) is 6.07 Å². The highest BCUT2D eigenvalue weighted by atomic mass is 19.1. The molecule has 112 valence electrons. The lowest BCUT2D eigenvalue weighted by Crippen LogP contribution is -2.53. The molecule has 5 nitrogen and oxygen atoms in total. The summed E-state index contributed by atoms with van der Waals surface area (Å²) in [7, 11) is 0. The summed E-state index contributed by atoms with van der Waals surface area (Å²) in [6, 6.07) is 5.89. The van der Waals surface area contributed by atoms with Gasteiger partial charge in [-0.2, -0.15) is 5.26 Å². The molecule has 2 rings (SSSR count). The van der Waals surface area contributed by atoms with Crippen molar-refractivity contribution in [2.24, 2.45) is 0 Å². The highest BCUT2D eigenvalue weighted by Gasteiger charge is 2.29. The van der Waals surface area contributed by atoms with Gasteiger partial charge in [0.25, 0.3) is 0 Å². The van der Waals surface area contributed by atoms with Crippen LogP contribution in [0, 0.1) is 17.1 Å². The van der Waals surface area contributed by atoms with Crippen LogP contribution in [-0.4, -0.2) is 43.2 Å². The summed E-state index contributed by atoms with van der Waals surface area (Å²) >= 11 is 0. The molecule has 1 N–H and O–H groups in total. The largest absolute Gasteiger partial charge is 0.378 e. The molecule has 1 aliphatic heterocycles. The molecule has 1 amide bonds. The predicted octanol–water partition coefficient (Wildman–Crippen LogP) is 1.03. The highest BCUT2D eigenvalue weighted by molar-refractivity contribution is 5.81. The highest BCUT2D eigenvalue weighted by Crippen LogP contribution is 2.16. The van der Waals surface area contributed by atoms with Gasteiger partial charge in [0.2, 0.25) is 5.91 Å². The van der Waals surface area contributed by atoms with Gasteiger partial charge < -0.3 is 10.1 Å². The van der Waals surface area contributed by atoms with E-state index in [9.17, 15) is 9.18 Å². The van der Waals surface area contributed by atoms with Gasteiger partial charge in [-0.1, -0.05) is 6.07 Å². The molecule has 1 unspecified atom stereocenters. The minimum atomic E-state index is -0.421. The van der Waals surface area contributed by atoms with Gasteiger partial charge in [0.15, 0.2) is 0 Å². The van der Waals surface area contributed by atoms with E-state index in [0.717, 1.165) is 0 Å². The Labute approximate surface area is 123 Å². The van der Waals surface area contributed by atoms with E-state index in [1.807, 2.05) is 17.9 Å². The Balaban J connectivity index is 2.12. The number of hydrogen-bond acceptors (Lipinski definition) is 4. The number of ether oxygens (including phenoxy) is 1. The first-order valence-electron chi connectivity index (χ1n) is 6.93. The number of rotatable bonds is 4. The maximum atomic E-state index is 14.0. The minimum absolute atomic E-state index is 0.105. The molecule has 1 heterocycles. The van der Waals surface area contributed by atoms with Crippen LogP contribution in [0.25, 0.3) is 0 Å². The van der Waals surface area contributed by atoms with E-state index in [-0.39, 0.29) is 5.91 Å². The molecule has 1 aliphatic rings. The van der Waals surface area contributed by atoms with Crippen LogP contribution < -0.4 is 5.32 Å². The summed E-state index contributed by atoms with van der Waals surface area (Å²) in [5.74, 6) is -0.526. The summed E-state index contributed by atoms with van der Waals surface area (Å²) in [6.07, 6.45) is 0. The first-order chi connectivity index (χ1) is 10.2. The molecule has 0 aromatic heterocycles. The van der Waals surface area contributed by atoms with Crippen molar-refractivity contribution in [2.75, 3.05) is 26.3 Å². The van der Waals surface area contributed by atoms with Gasteiger partial charge in [0.1, 0.15) is 11.9 Å². The topological polar surface area (TPSA) is 65.4 Å². The number of nitriles is 1. The van der Waals surface area contributed by atoms with E-state index in [0.29, 0.717) is 44.0 Å². The molecular weight excluding hydrogens is 273 g/mol. The summed E-state index contributed by atoms with van der Waals surface area (Å²) in [4.78, 5) is 13.9. The number of carbonyl (C=O) groups is 1. The molecule has 6 heteroatoms. The van der Waals surface area contributed by atoms with E-state index in [2.05, 4.69) is 5.32 Å². The molecule has 0 aliphatic carbocycles. The van der Waals surface area contributed by atoms with E-state index >= 15 is 0 Å². The molecule has 0 bridgehead atoms. The van der Waals surface area contributed by atoms with Crippen molar-refractivity contribution >= 4 is 5.91 Å². The molecule has 0 saturated carbocycles. The Morgan fingerprint density at radius 3 is 3.10 bits per heavy atom. The van der Waals surface area contributed by atoms with Crippen LogP contribution in [0.4, 0.5) is 4.39 Å². The van der Waals surface area contributed by atoms with Crippen molar-refractivity contribution in [1.29, 1.82) is 5.26 Å². The first kappa shape index (κ1) is 15.4. The fraction of sp³-hybridized carbons (Fsp3) is 0.467. The van der Waals surface area contributed by atoms with Gasteiger partial charge in [0.05, 0.1) is 24.8 Å². The summed E-state index contributed by atoms with van der Waals surface area (Å²) in [6.45, 7) is 4.13. The zero-order valence-electron chi connectivity index (χ0n) is 11.9. The molecule has 0 radical (unpaired) electrons. The van der Waals surface area contributed by atoms with Crippen molar-refractivity contribution in [3.63, 3.8) is 0 Å². The van der Waals surface area contributed by atoms with E-state index in [1.54, 1.807) is 12.1 Å². The Kier molecular flexibility index (Phi) is 5.26. The summed E-state index contributed by atoms with van der Waals surface area (Å²) in [5.41, 5.74) is 0.767. The number of benzene rings is 1.